The van der Waals surface area contributed by atoms with Crippen LogP contribution in [0.1, 0.15) is 42.1 Å². The minimum absolute atomic E-state index is 0.123. The first kappa shape index (κ1) is 28.4. The number of alkyl halides is 3. The summed E-state index contributed by atoms with van der Waals surface area (Å²) in [5, 5.41) is 13.7. The van der Waals surface area contributed by atoms with Crippen molar-refractivity contribution in [2.75, 3.05) is 4.90 Å². The maximum atomic E-state index is 14.3. The number of aliphatic carboxylic acids is 1. The van der Waals surface area contributed by atoms with E-state index in [2.05, 4.69) is 10.1 Å². The number of amides is 2. The SMILES string of the molecule is CCc1cccc(CC)c1N1C(=O)C2C(c3cccc(OC(F)(F)F)c3)NC(Cc3ccccc3)(C(=O)O)C2C1=O. The molecule has 0 bridgehead atoms. The molecule has 0 saturated carbocycles. The number of carbonyl (C=O) groups is 3. The fourth-order valence-corrected chi connectivity index (χ4v) is 6.27. The van der Waals surface area contributed by atoms with Crippen LogP contribution < -0.4 is 15.0 Å². The van der Waals surface area contributed by atoms with Crippen molar-refractivity contribution >= 4 is 23.5 Å². The highest BCUT2D eigenvalue weighted by molar-refractivity contribution is 6.25. The number of fused-ring (bicyclic) bond motifs is 1. The zero-order chi connectivity index (χ0) is 29.5. The van der Waals surface area contributed by atoms with Crippen LogP contribution in [0.3, 0.4) is 0 Å². The third-order valence-corrected chi connectivity index (χ3v) is 8.00. The lowest BCUT2D eigenvalue weighted by molar-refractivity contribution is -0.274. The van der Waals surface area contributed by atoms with Crippen molar-refractivity contribution in [1.29, 1.82) is 0 Å². The second-order valence-corrected chi connectivity index (χ2v) is 10.3. The second-order valence-electron chi connectivity index (χ2n) is 10.3. The average Bonchev–Trinajstić information content (AvgIpc) is 3.41. The third-order valence-electron chi connectivity index (χ3n) is 8.00. The van der Waals surface area contributed by atoms with Gasteiger partial charge in [-0.2, -0.15) is 0 Å². The summed E-state index contributed by atoms with van der Waals surface area (Å²) in [5.41, 5.74) is 0.902. The molecule has 7 nitrogen and oxygen atoms in total. The number of ether oxygens (including phenoxy) is 1. The molecule has 214 valence electrons. The summed E-state index contributed by atoms with van der Waals surface area (Å²) in [6.45, 7) is 3.80. The number of hydrogen-bond acceptors (Lipinski definition) is 5. The summed E-state index contributed by atoms with van der Waals surface area (Å²) in [6.07, 6.45) is -4.01. The predicted octanol–water partition coefficient (Wildman–Crippen LogP) is 5.23. The Morgan fingerprint density at radius 2 is 1.59 bits per heavy atom. The van der Waals surface area contributed by atoms with Crippen molar-refractivity contribution in [1.82, 2.24) is 5.32 Å². The number of para-hydroxylation sites is 1. The van der Waals surface area contributed by atoms with Gasteiger partial charge in [-0.05, 0) is 47.2 Å². The Bertz CT molecular complexity index is 1470. The Kier molecular flexibility index (Phi) is 7.37. The molecule has 3 aromatic carbocycles. The molecule has 0 aromatic heterocycles. The largest absolute Gasteiger partial charge is 0.573 e. The number of benzene rings is 3. The van der Waals surface area contributed by atoms with Gasteiger partial charge < -0.3 is 9.84 Å². The molecular weight excluding hydrogens is 537 g/mol. The van der Waals surface area contributed by atoms with E-state index in [9.17, 15) is 32.7 Å². The molecule has 2 saturated heterocycles. The van der Waals surface area contributed by atoms with Crippen molar-refractivity contribution in [2.24, 2.45) is 11.8 Å². The molecule has 4 atom stereocenters. The van der Waals surface area contributed by atoms with E-state index in [-0.39, 0.29) is 12.0 Å². The number of nitrogens with one attached hydrogen (secondary N) is 1. The minimum Gasteiger partial charge on any atom is -0.480 e. The summed E-state index contributed by atoms with van der Waals surface area (Å²) in [6, 6.07) is 18.2. The van der Waals surface area contributed by atoms with Gasteiger partial charge in [-0.25, -0.2) is 4.90 Å². The van der Waals surface area contributed by atoms with Crippen molar-refractivity contribution in [3.8, 4) is 5.75 Å². The number of rotatable bonds is 8. The van der Waals surface area contributed by atoms with E-state index < -0.39 is 53.3 Å². The molecule has 2 aliphatic rings. The van der Waals surface area contributed by atoms with Crippen molar-refractivity contribution in [3.63, 3.8) is 0 Å². The lowest BCUT2D eigenvalue weighted by Gasteiger charge is -2.32. The maximum Gasteiger partial charge on any atom is 0.573 e. The van der Waals surface area contributed by atoms with Gasteiger partial charge in [0.25, 0.3) is 0 Å². The fraction of sp³-hybridized carbons (Fsp3) is 0.323. The molecule has 2 amide bonds. The third kappa shape index (κ3) is 4.97. The van der Waals surface area contributed by atoms with E-state index in [4.69, 9.17) is 0 Å². The smallest absolute Gasteiger partial charge is 0.480 e. The average molecular weight is 567 g/mol. The van der Waals surface area contributed by atoms with E-state index in [0.29, 0.717) is 24.1 Å². The summed E-state index contributed by atoms with van der Waals surface area (Å²) in [5.74, 6) is -5.58. The summed E-state index contributed by atoms with van der Waals surface area (Å²) < 4.78 is 43.1. The highest BCUT2D eigenvalue weighted by Gasteiger charge is 2.68. The van der Waals surface area contributed by atoms with Crippen LogP contribution in [0.4, 0.5) is 18.9 Å². The number of anilines is 1. The summed E-state index contributed by atoms with van der Waals surface area (Å²) in [4.78, 5) is 42.8. The highest BCUT2D eigenvalue weighted by atomic mass is 19.4. The van der Waals surface area contributed by atoms with Crippen molar-refractivity contribution in [2.45, 2.75) is 51.1 Å². The van der Waals surface area contributed by atoms with Crippen LogP contribution in [-0.2, 0) is 33.6 Å². The molecular formula is C31H29F3N2O5. The Morgan fingerprint density at radius 1 is 0.951 bits per heavy atom. The molecule has 2 N–H and O–H groups in total. The molecule has 3 aromatic rings. The van der Waals surface area contributed by atoms with Gasteiger partial charge in [-0.3, -0.25) is 19.7 Å². The number of nitrogens with zero attached hydrogens (tertiary/aromatic N) is 1. The van der Waals surface area contributed by atoms with Gasteiger partial charge >= 0.3 is 12.3 Å². The number of carbonyl (C=O) groups excluding carboxylic acids is 2. The molecule has 0 aliphatic carbocycles. The van der Waals surface area contributed by atoms with E-state index in [1.165, 1.54) is 12.1 Å². The quantitative estimate of drug-likeness (QED) is 0.363. The molecule has 10 heteroatoms. The zero-order valence-electron chi connectivity index (χ0n) is 22.4. The lowest BCUT2D eigenvalue weighted by atomic mass is 9.76. The van der Waals surface area contributed by atoms with Gasteiger partial charge in [0.15, 0.2) is 0 Å². The van der Waals surface area contributed by atoms with Crippen LogP contribution in [0.2, 0.25) is 0 Å². The van der Waals surface area contributed by atoms with Gasteiger partial charge in [0.05, 0.1) is 17.5 Å². The minimum atomic E-state index is -4.95. The van der Waals surface area contributed by atoms with Crippen molar-refractivity contribution in [3.05, 3.63) is 95.1 Å². The van der Waals surface area contributed by atoms with Gasteiger partial charge in [0.2, 0.25) is 11.8 Å². The Hall–Kier alpha value is -4.18. The van der Waals surface area contributed by atoms with E-state index in [1.807, 2.05) is 32.0 Å². The Morgan fingerprint density at radius 3 is 2.17 bits per heavy atom. The number of carboxylic acid groups (broad SMARTS) is 1. The van der Waals surface area contributed by atoms with Crippen LogP contribution in [0.25, 0.3) is 0 Å². The van der Waals surface area contributed by atoms with Gasteiger partial charge in [-0.1, -0.05) is 74.5 Å². The first-order valence-corrected chi connectivity index (χ1v) is 13.4. The van der Waals surface area contributed by atoms with Gasteiger partial charge in [0.1, 0.15) is 11.3 Å². The Labute approximate surface area is 234 Å². The lowest BCUT2D eigenvalue weighted by Crippen LogP contribution is -2.57. The van der Waals surface area contributed by atoms with E-state index >= 15 is 0 Å². The van der Waals surface area contributed by atoms with Crippen LogP contribution >= 0.6 is 0 Å². The topological polar surface area (TPSA) is 95.9 Å². The highest BCUT2D eigenvalue weighted by Crippen LogP contribution is 2.52. The monoisotopic (exact) mass is 566 g/mol. The molecule has 0 spiro atoms. The van der Waals surface area contributed by atoms with Crippen LogP contribution in [0, 0.1) is 11.8 Å². The molecule has 2 fully saturated rings. The number of imide groups is 1. The summed E-state index contributed by atoms with van der Waals surface area (Å²) in [7, 11) is 0. The molecule has 2 heterocycles. The van der Waals surface area contributed by atoms with E-state index in [1.54, 1.807) is 30.3 Å². The first-order chi connectivity index (χ1) is 19.5. The number of hydrogen-bond donors (Lipinski definition) is 2. The number of halogens is 3. The first-order valence-electron chi connectivity index (χ1n) is 13.4. The zero-order valence-corrected chi connectivity index (χ0v) is 22.4. The van der Waals surface area contributed by atoms with E-state index in [0.717, 1.165) is 28.2 Å². The van der Waals surface area contributed by atoms with Gasteiger partial charge in [0, 0.05) is 12.5 Å². The number of aryl methyl sites for hydroxylation is 2. The van der Waals surface area contributed by atoms with Gasteiger partial charge in [-0.15, -0.1) is 13.2 Å². The molecule has 0 radical (unpaired) electrons. The summed E-state index contributed by atoms with van der Waals surface area (Å²) >= 11 is 0. The number of carboxylic acids is 1. The maximum absolute atomic E-state index is 14.3. The molecule has 5 rings (SSSR count). The normalized spacial score (nSPS) is 24.0. The fourth-order valence-electron chi connectivity index (χ4n) is 6.27. The van der Waals surface area contributed by atoms with Crippen LogP contribution in [0.5, 0.6) is 5.75 Å². The van der Waals surface area contributed by atoms with Crippen molar-refractivity contribution < 1.29 is 37.4 Å². The Balaban J connectivity index is 1.68. The van der Waals surface area contributed by atoms with Crippen LogP contribution in [-0.4, -0.2) is 34.8 Å². The second kappa shape index (κ2) is 10.7. The predicted molar refractivity (Wildman–Crippen MR) is 144 cm³/mol. The molecule has 41 heavy (non-hydrogen) atoms. The molecule has 4 unspecified atom stereocenters. The standard InChI is InChI=1S/C31H29F3N2O5/c1-3-19-12-8-13-20(4-2)26(19)36-27(37)23-24(28(36)38)30(29(39)40,17-18-10-6-5-7-11-18)35-25(23)21-14-9-15-22(16-21)41-31(32,33)34/h5-16,23-25,35H,3-4,17H2,1-2H3,(H,39,40). The van der Waals surface area contributed by atoms with Crippen LogP contribution in [0.15, 0.2) is 72.8 Å². The molecule has 2 aliphatic heterocycles.